The van der Waals surface area contributed by atoms with Gasteiger partial charge in [0, 0.05) is 44.5 Å². The topological polar surface area (TPSA) is 33.1 Å². The fourth-order valence-corrected chi connectivity index (χ4v) is 3.92. The van der Waals surface area contributed by atoms with E-state index in [2.05, 4.69) is 35.2 Å². The molecule has 2 aliphatic rings. The summed E-state index contributed by atoms with van der Waals surface area (Å²) in [5.41, 5.74) is 1.40. The summed E-state index contributed by atoms with van der Waals surface area (Å²) >= 11 is 0. The molecule has 1 atom stereocenters. The van der Waals surface area contributed by atoms with Gasteiger partial charge in [-0.15, -0.1) is 0 Å². The Morgan fingerprint density at radius 3 is 2.71 bits per heavy atom. The molecule has 0 aromatic carbocycles. The Bertz CT molecular complexity index is 459. The Labute approximate surface area is 128 Å². The molecule has 1 aromatic heterocycles. The van der Waals surface area contributed by atoms with Crippen LogP contribution >= 0.6 is 0 Å². The van der Waals surface area contributed by atoms with E-state index in [1.54, 1.807) is 0 Å². The number of hydrogen-bond acceptors (Lipinski definition) is 3. The zero-order chi connectivity index (χ0) is 14.9. The van der Waals surface area contributed by atoms with E-state index in [1.165, 1.54) is 37.8 Å². The van der Waals surface area contributed by atoms with Gasteiger partial charge in [-0.3, -0.25) is 9.58 Å². The average Bonchev–Trinajstić information content (AvgIpc) is 2.87. The highest BCUT2D eigenvalue weighted by Gasteiger charge is 2.37. The molecule has 0 spiro atoms. The molecule has 0 bridgehead atoms. The quantitative estimate of drug-likeness (QED) is 0.929. The van der Waals surface area contributed by atoms with Gasteiger partial charge in [-0.05, 0) is 38.7 Å². The molecule has 1 unspecified atom stereocenters. The maximum absolute atomic E-state index is 4.56. The van der Waals surface area contributed by atoms with Crippen molar-refractivity contribution in [3.8, 4) is 0 Å². The van der Waals surface area contributed by atoms with Gasteiger partial charge in [0.2, 0.25) is 0 Å². The Kier molecular flexibility index (Phi) is 4.36. The second kappa shape index (κ2) is 6.09. The number of hydrogen-bond donors (Lipinski definition) is 1. The van der Waals surface area contributed by atoms with Crippen molar-refractivity contribution in [3.63, 3.8) is 0 Å². The fourth-order valence-electron chi connectivity index (χ4n) is 3.92. The molecule has 1 saturated carbocycles. The zero-order valence-corrected chi connectivity index (χ0v) is 13.8. The molecular formula is C17H30N4. The Morgan fingerprint density at radius 2 is 2.05 bits per heavy atom. The van der Waals surface area contributed by atoms with Gasteiger partial charge in [0.1, 0.15) is 0 Å². The van der Waals surface area contributed by atoms with E-state index in [-0.39, 0.29) is 5.54 Å². The van der Waals surface area contributed by atoms with Crippen LogP contribution in [0.1, 0.15) is 51.6 Å². The SMILES string of the molecule is Cn1ccc(CN2CC(C3CCCCC3)NCC2(C)C)n1. The van der Waals surface area contributed by atoms with Crippen molar-refractivity contribution >= 4 is 0 Å². The number of piperazine rings is 1. The van der Waals surface area contributed by atoms with Crippen molar-refractivity contribution in [2.75, 3.05) is 13.1 Å². The van der Waals surface area contributed by atoms with Crippen molar-refractivity contribution in [2.45, 2.75) is 64.1 Å². The van der Waals surface area contributed by atoms with Gasteiger partial charge in [-0.2, -0.15) is 5.10 Å². The molecule has 1 N–H and O–H groups in total. The fraction of sp³-hybridized carbons (Fsp3) is 0.824. The van der Waals surface area contributed by atoms with Crippen LogP contribution in [0.4, 0.5) is 0 Å². The molecule has 118 valence electrons. The van der Waals surface area contributed by atoms with E-state index in [9.17, 15) is 0 Å². The van der Waals surface area contributed by atoms with Gasteiger partial charge < -0.3 is 5.32 Å². The Hall–Kier alpha value is -0.870. The summed E-state index contributed by atoms with van der Waals surface area (Å²) in [7, 11) is 2.00. The van der Waals surface area contributed by atoms with Gasteiger partial charge in [0.05, 0.1) is 5.69 Å². The molecule has 4 heteroatoms. The van der Waals surface area contributed by atoms with Gasteiger partial charge >= 0.3 is 0 Å². The van der Waals surface area contributed by atoms with Crippen LogP contribution in [-0.4, -0.2) is 39.4 Å². The van der Waals surface area contributed by atoms with Gasteiger partial charge in [0.15, 0.2) is 0 Å². The van der Waals surface area contributed by atoms with Gasteiger partial charge in [-0.1, -0.05) is 19.3 Å². The Morgan fingerprint density at radius 1 is 1.29 bits per heavy atom. The van der Waals surface area contributed by atoms with Crippen LogP contribution in [-0.2, 0) is 13.6 Å². The third-order valence-corrected chi connectivity index (χ3v) is 5.41. The van der Waals surface area contributed by atoms with Gasteiger partial charge in [-0.25, -0.2) is 0 Å². The summed E-state index contributed by atoms with van der Waals surface area (Å²) in [6.07, 6.45) is 9.15. The first-order chi connectivity index (χ1) is 10.0. The summed E-state index contributed by atoms with van der Waals surface area (Å²) in [5, 5.41) is 8.40. The third kappa shape index (κ3) is 3.49. The molecule has 1 aliphatic carbocycles. The lowest BCUT2D eigenvalue weighted by Gasteiger charge is -2.48. The lowest BCUT2D eigenvalue weighted by molar-refractivity contribution is 0.0363. The number of aromatic nitrogens is 2. The standard InChI is InChI=1S/C17H30N4/c1-17(2)13-18-16(14-7-5-4-6-8-14)12-21(17)11-15-9-10-20(3)19-15/h9-10,14,16,18H,4-8,11-13H2,1-3H3. The highest BCUT2D eigenvalue weighted by atomic mass is 15.3. The number of rotatable bonds is 3. The normalized spacial score (nSPS) is 27.9. The molecule has 1 aliphatic heterocycles. The average molecular weight is 290 g/mol. The predicted molar refractivity (Wildman–Crippen MR) is 86.1 cm³/mol. The minimum Gasteiger partial charge on any atom is -0.311 e. The molecule has 4 nitrogen and oxygen atoms in total. The second-order valence-electron chi connectivity index (χ2n) is 7.56. The summed E-state index contributed by atoms with van der Waals surface area (Å²) in [6.45, 7) is 7.91. The van der Waals surface area contributed by atoms with Crippen LogP contribution in [0, 0.1) is 5.92 Å². The molecule has 1 aromatic rings. The lowest BCUT2D eigenvalue weighted by atomic mass is 9.81. The molecule has 3 rings (SSSR count). The lowest BCUT2D eigenvalue weighted by Crippen LogP contribution is -2.63. The summed E-state index contributed by atoms with van der Waals surface area (Å²) < 4.78 is 1.91. The minimum atomic E-state index is 0.211. The van der Waals surface area contributed by atoms with Gasteiger partial charge in [0.25, 0.3) is 0 Å². The maximum atomic E-state index is 4.56. The third-order valence-electron chi connectivity index (χ3n) is 5.41. The number of nitrogens with one attached hydrogen (secondary N) is 1. The molecule has 0 radical (unpaired) electrons. The van der Waals surface area contributed by atoms with Crippen LogP contribution in [0.2, 0.25) is 0 Å². The van der Waals surface area contributed by atoms with Crippen molar-refractivity contribution in [1.82, 2.24) is 20.0 Å². The molecule has 0 amide bonds. The first-order valence-corrected chi connectivity index (χ1v) is 8.51. The van der Waals surface area contributed by atoms with E-state index in [4.69, 9.17) is 0 Å². The maximum Gasteiger partial charge on any atom is 0.0764 e. The van der Waals surface area contributed by atoms with Crippen molar-refractivity contribution < 1.29 is 0 Å². The highest BCUT2D eigenvalue weighted by Crippen LogP contribution is 2.30. The molecular weight excluding hydrogens is 260 g/mol. The largest absolute Gasteiger partial charge is 0.311 e. The zero-order valence-electron chi connectivity index (χ0n) is 13.8. The highest BCUT2D eigenvalue weighted by molar-refractivity contribution is 5.03. The van der Waals surface area contributed by atoms with Crippen LogP contribution in [0.15, 0.2) is 12.3 Å². The van der Waals surface area contributed by atoms with E-state index < -0.39 is 0 Å². The summed E-state index contributed by atoms with van der Waals surface area (Å²) in [4.78, 5) is 2.63. The van der Waals surface area contributed by atoms with Crippen LogP contribution < -0.4 is 5.32 Å². The van der Waals surface area contributed by atoms with Crippen molar-refractivity contribution in [2.24, 2.45) is 13.0 Å². The monoisotopic (exact) mass is 290 g/mol. The smallest absolute Gasteiger partial charge is 0.0764 e. The summed E-state index contributed by atoms with van der Waals surface area (Å²) in [5.74, 6) is 0.876. The van der Waals surface area contributed by atoms with E-state index in [0.29, 0.717) is 6.04 Å². The molecule has 1 saturated heterocycles. The van der Waals surface area contributed by atoms with E-state index in [1.807, 2.05) is 17.9 Å². The predicted octanol–water partition coefficient (Wildman–Crippen LogP) is 2.55. The number of nitrogens with zero attached hydrogens (tertiary/aromatic N) is 3. The van der Waals surface area contributed by atoms with Crippen LogP contribution in [0.5, 0.6) is 0 Å². The van der Waals surface area contributed by atoms with E-state index in [0.717, 1.165) is 25.6 Å². The Balaban J connectivity index is 1.66. The number of aryl methyl sites for hydroxylation is 1. The first kappa shape index (κ1) is 15.0. The van der Waals surface area contributed by atoms with Crippen molar-refractivity contribution in [1.29, 1.82) is 0 Å². The molecule has 2 heterocycles. The van der Waals surface area contributed by atoms with Crippen LogP contribution in [0.25, 0.3) is 0 Å². The minimum absolute atomic E-state index is 0.211. The van der Waals surface area contributed by atoms with E-state index >= 15 is 0 Å². The second-order valence-corrected chi connectivity index (χ2v) is 7.56. The van der Waals surface area contributed by atoms with Crippen LogP contribution in [0.3, 0.4) is 0 Å². The first-order valence-electron chi connectivity index (χ1n) is 8.51. The summed E-state index contributed by atoms with van der Waals surface area (Å²) in [6, 6.07) is 2.82. The molecule has 21 heavy (non-hydrogen) atoms. The van der Waals surface area contributed by atoms with Crippen molar-refractivity contribution in [3.05, 3.63) is 18.0 Å². The molecule has 2 fully saturated rings.